The first-order chi connectivity index (χ1) is 7.70. The summed E-state index contributed by atoms with van der Waals surface area (Å²) in [6.45, 7) is -2.86. The fraction of sp³-hybridized carbons (Fsp3) is 0.250. The van der Waals surface area contributed by atoms with Crippen molar-refractivity contribution in [3.63, 3.8) is 0 Å². The van der Waals surface area contributed by atoms with Crippen LogP contribution in [0.1, 0.15) is 21.4 Å². The number of methoxy groups -OCH3 is 1. The molecule has 0 atom stereocenters. The van der Waals surface area contributed by atoms with E-state index in [-0.39, 0.29) is 0 Å². The smallest absolute Gasteiger partial charge is 0.341 e. The fourth-order valence-corrected chi connectivity index (χ4v) is 0.853. The quantitative estimate of drug-likeness (QED) is 0.522. The summed E-state index contributed by atoms with van der Waals surface area (Å²) in [5.74, 6) is -2.52. The highest BCUT2D eigenvalue weighted by molar-refractivity contribution is 6.29. The highest BCUT2D eigenvalue weighted by Gasteiger charge is 2.18. The van der Waals surface area contributed by atoms with Gasteiger partial charge >= 0.3 is 5.97 Å². The highest BCUT2D eigenvalue weighted by Crippen LogP contribution is 2.19. The van der Waals surface area contributed by atoms with E-state index in [9.17, 15) is 9.18 Å². The monoisotopic (exact) mass is 207 g/mol. The molecule has 5 heteroatoms. The minimum Gasteiger partial charge on any atom is -0.465 e. The van der Waals surface area contributed by atoms with Crippen LogP contribution in [-0.2, 0) is 4.74 Å². The molecule has 1 aromatic rings. The molecule has 0 bridgehead atoms. The molecule has 3 nitrogen and oxygen atoms in total. The zero-order valence-corrected chi connectivity index (χ0v) is 7.28. The number of pyridine rings is 1. The summed E-state index contributed by atoms with van der Waals surface area (Å²) in [6, 6.07) is 0. The van der Waals surface area contributed by atoms with E-state index < -0.39 is 41.1 Å². The average Bonchev–Trinajstić information content (AvgIpc) is 2.19. The lowest BCUT2D eigenvalue weighted by Crippen LogP contribution is -2.08. The third-order valence-corrected chi connectivity index (χ3v) is 1.56. The van der Waals surface area contributed by atoms with Crippen LogP contribution in [0.15, 0.2) is 6.17 Å². The van der Waals surface area contributed by atoms with Gasteiger partial charge in [-0.2, -0.15) is 0 Å². The van der Waals surface area contributed by atoms with Crippen LogP contribution in [0.2, 0.25) is 5.15 Å². The van der Waals surface area contributed by atoms with E-state index in [1.807, 2.05) is 0 Å². The molecule has 0 N–H and O–H groups in total. The number of esters is 1. The number of aromatic nitrogens is 1. The molecule has 0 aliphatic rings. The lowest BCUT2D eigenvalue weighted by atomic mass is 10.1. The summed E-state index contributed by atoms with van der Waals surface area (Å²) in [5, 5.41) is -0.747. The lowest BCUT2D eigenvalue weighted by molar-refractivity contribution is 0.0594. The van der Waals surface area contributed by atoms with Crippen LogP contribution in [0.3, 0.4) is 0 Å². The van der Waals surface area contributed by atoms with Crippen molar-refractivity contribution in [2.75, 3.05) is 7.11 Å². The minimum absolute atomic E-state index is 0.747. The first-order valence-corrected chi connectivity index (χ1v) is 3.52. The number of halogens is 2. The molecule has 13 heavy (non-hydrogen) atoms. The van der Waals surface area contributed by atoms with Crippen LogP contribution in [0.5, 0.6) is 0 Å². The minimum atomic E-state index is -2.86. The Kier molecular flexibility index (Phi) is 1.58. The molecule has 0 aliphatic carbocycles. The van der Waals surface area contributed by atoms with Gasteiger partial charge in [0.1, 0.15) is 5.56 Å². The second-order valence-corrected chi connectivity index (χ2v) is 2.43. The van der Waals surface area contributed by atoms with Crippen LogP contribution in [-0.4, -0.2) is 18.1 Å². The summed E-state index contributed by atoms with van der Waals surface area (Å²) < 4.78 is 46.6. The molecular weight excluding hydrogens is 197 g/mol. The molecule has 0 saturated heterocycles. The van der Waals surface area contributed by atoms with Crippen LogP contribution in [0, 0.1) is 12.7 Å². The summed E-state index contributed by atoms with van der Waals surface area (Å²) in [4.78, 5) is 14.5. The van der Waals surface area contributed by atoms with Crippen molar-refractivity contribution in [1.82, 2.24) is 4.98 Å². The van der Waals surface area contributed by atoms with Crippen molar-refractivity contribution >= 4 is 17.6 Å². The van der Waals surface area contributed by atoms with E-state index in [0.29, 0.717) is 0 Å². The Balaban J connectivity index is 3.68. The number of nitrogens with zero attached hydrogens (tertiary/aromatic N) is 1. The average molecular weight is 208 g/mol. The Labute approximate surface area is 85.1 Å². The Hall–Kier alpha value is -1.16. The number of carbonyl (C=O) groups is 1. The summed E-state index contributed by atoms with van der Waals surface area (Å²) in [5.41, 5.74) is -1.69. The molecule has 0 spiro atoms. The second kappa shape index (κ2) is 3.70. The van der Waals surface area contributed by atoms with Gasteiger partial charge in [-0.3, -0.25) is 0 Å². The number of hydrogen-bond donors (Lipinski definition) is 0. The van der Waals surface area contributed by atoms with Crippen molar-refractivity contribution in [3.05, 3.63) is 28.3 Å². The van der Waals surface area contributed by atoms with Gasteiger partial charge in [0, 0.05) is 10.3 Å². The largest absolute Gasteiger partial charge is 0.465 e. The molecule has 0 amide bonds. The first-order valence-electron chi connectivity index (χ1n) is 5.14. The van der Waals surface area contributed by atoms with Crippen LogP contribution < -0.4 is 0 Å². The fourth-order valence-electron chi connectivity index (χ4n) is 0.717. The van der Waals surface area contributed by atoms with E-state index in [0.717, 1.165) is 7.11 Å². The summed E-state index contributed by atoms with van der Waals surface area (Å²) >= 11 is 5.34. The third-order valence-electron chi connectivity index (χ3n) is 1.31. The van der Waals surface area contributed by atoms with Gasteiger partial charge in [-0.25, -0.2) is 14.2 Å². The molecule has 70 valence electrons. The van der Waals surface area contributed by atoms with Gasteiger partial charge in [-0.15, -0.1) is 0 Å². The standard InChI is InChI=1S/C8H7ClFNO2/c1-4-3-11-7(9)6(10)5(4)8(12)13-2/h3H,1-2H3/i1D3,3D. The first kappa shape index (κ1) is 5.54. The lowest BCUT2D eigenvalue weighted by Gasteiger charge is -2.04. The Morgan fingerprint density at radius 2 is 2.62 bits per heavy atom. The van der Waals surface area contributed by atoms with E-state index in [1.165, 1.54) is 0 Å². The Morgan fingerprint density at radius 3 is 3.15 bits per heavy atom. The van der Waals surface area contributed by atoms with E-state index in [4.69, 9.17) is 17.1 Å². The number of hydrogen-bond acceptors (Lipinski definition) is 3. The number of rotatable bonds is 1. The van der Waals surface area contributed by atoms with E-state index in [2.05, 4.69) is 9.72 Å². The highest BCUT2D eigenvalue weighted by atomic mass is 35.5. The molecule has 0 unspecified atom stereocenters. The molecule has 1 rings (SSSR count). The van der Waals surface area contributed by atoms with Crippen molar-refractivity contribution in [3.8, 4) is 0 Å². The molecule has 0 radical (unpaired) electrons. The van der Waals surface area contributed by atoms with Gasteiger partial charge in [-0.1, -0.05) is 11.6 Å². The Bertz CT molecular complexity index is 478. The molecule has 0 saturated carbocycles. The molecular formula is C8H7ClFNO2. The van der Waals surface area contributed by atoms with Crippen LogP contribution in [0.25, 0.3) is 0 Å². The number of ether oxygens (including phenoxy) is 1. The molecule has 0 aromatic carbocycles. The second-order valence-electron chi connectivity index (χ2n) is 2.07. The van der Waals surface area contributed by atoms with Gasteiger partial charge in [-0.05, 0) is 12.4 Å². The van der Waals surface area contributed by atoms with Crippen molar-refractivity contribution in [2.24, 2.45) is 0 Å². The predicted octanol–water partition coefficient (Wildman–Crippen LogP) is 1.97. The molecule has 0 fully saturated rings. The maximum absolute atomic E-state index is 13.6. The van der Waals surface area contributed by atoms with Crippen molar-refractivity contribution in [2.45, 2.75) is 6.85 Å². The Morgan fingerprint density at radius 1 is 1.92 bits per heavy atom. The number of carbonyl (C=O) groups excluding carboxylic acids is 1. The normalized spacial score (nSPS) is 15.3. The topological polar surface area (TPSA) is 39.2 Å². The zero-order valence-electron chi connectivity index (χ0n) is 10.5. The van der Waals surface area contributed by atoms with Crippen LogP contribution >= 0.6 is 11.6 Å². The zero-order chi connectivity index (χ0) is 13.4. The maximum Gasteiger partial charge on any atom is 0.341 e. The summed E-state index contributed by atoms with van der Waals surface area (Å²) in [6.07, 6.45) is -0.781. The molecule has 0 aliphatic heterocycles. The van der Waals surface area contributed by atoms with Gasteiger partial charge < -0.3 is 4.74 Å². The summed E-state index contributed by atoms with van der Waals surface area (Å²) in [7, 11) is 0.961. The predicted molar refractivity (Wildman–Crippen MR) is 45.3 cm³/mol. The molecule has 1 aromatic heterocycles. The van der Waals surface area contributed by atoms with Gasteiger partial charge in [0.2, 0.25) is 0 Å². The van der Waals surface area contributed by atoms with Crippen molar-refractivity contribution in [1.29, 1.82) is 0 Å². The van der Waals surface area contributed by atoms with E-state index >= 15 is 0 Å². The van der Waals surface area contributed by atoms with Gasteiger partial charge in [0.25, 0.3) is 0 Å². The molecule has 1 heterocycles. The maximum atomic E-state index is 13.6. The van der Waals surface area contributed by atoms with Gasteiger partial charge in [0.05, 0.1) is 8.48 Å². The van der Waals surface area contributed by atoms with Gasteiger partial charge in [0.15, 0.2) is 11.0 Å². The third kappa shape index (κ3) is 1.78. The van der Waals surface area contributed by atoms with E-state index in [1.54, 1.807) is 0 Å². The SMILES string of the molecule is [2H]c1nc(Cl)c(F)c(C(=O)OC)c1C([2H])([2H])[2H]. The van der Waals surface area contributed by atoms with Crippen molar-refractivity contribution < 1.29 is 19.4 Å². The van der Waals surface area contributed by atoms with Crippen LogP contribution in [0.4, 0.5) is 4.39 Å².